The summed E-state index contributed by atoms with van der Waals surface area (Å²) in [5, 5.41) is 2.63. The average molecular weight is 347 g/mol. The Labute approximate surface area is 147 Å². The van der Waals surface area contributed by atoms with Crippen molar-refractivity contribution >= 4 is 17.9 Å². The van der Waals surface area contributed by atoms with E-state index in [1.165, 1.54) is 0 Å². The molecule has 1 fully saturated rings. The minimum Gasteiger partial charge on any atom is -0.444 e. The van der Waals surface area contributed by atoms with Gasteiger partial charge in [0.05, 0.1) is 6.54 Å². The second-order valence-electron chi connectivity index (χ2n) is 6.90. The maximum atomic E-state index is 12.2. The van der Waals surface area contributed by atoms with Gasteiger partial charge in [0.2, 0.25) is 5.91 Å². The van der Waals surface area contributed by atoms with Crippen LogP contribution in [0.15, 0.2) is 30.3 Å². The lowest BCUT2D eigenvalue weighted by atomic mass is 10.2. The van der Waals surface area contributed by atoms with Crippen LogP contribution >= 0.6 is 0 Å². The molecule has 1 aromatic rings. The molecule has 1 N–H and O–H groups in total. The molecule has 25 heavy (non-hydrogen) atoms. The fourth-order valence-corrected chi connectivity index (χ4v) is 2.42. The van der Waals surface area contributed by atoms with Gasteiger partial charge in [-0.05, 0) is 32.9 Å². The number of carbonyl (C=O) groups is 3. The standard InChI is InChI=1S/C18H25N3O4/c1-18(2,3)25-17(24)21-11-9-20(10-12-21)15(22)13-19-16(23)14-7-5-4-6-8-14/h4-8H,9-13H2,1-3H3,(H,19,23). The Kier molecular flexibility index (Phi) is 6.01. The summed E-state index contributed by atoms with van der Waals surface area (Å²) in [6.45, 7) is 7.11. The van der Waals surface area contributed by atoms with Gasteiger partial charge >= 0.3 is 6.09 Å². The van der Waals surface area contributed by atoms with Crippen molar-refractivity contribution in [2.45, 2.75) is 26.4 Å². The molecule has 0 bridgehead atoms. The van der Waals surface area contributed by atoms with E-state index in [0.717, 1.165) is 0 Å². The zero-order valence-electron chi connectivity index (χ0n) is 14.9. The fraction of sp³-hybridized carbons (Fsp3) is 0.500. The first kappa shape index (κ1) is 18.8. The van der Waals surface area contributed by atoms with Crippen LogP contribution in [0.5, 0.6) is 0 Å². The van der Waals surface area contributed by atoms with Crippen molar-refractivity contribution in [3.8, 4) is 0 Å². The van der Waals surface area contributed by atoms with E-state index in [1.54, 1.807) is 34.1 Å². The number of ether oxygens (including phenoxy) is 1. The molecule has 3 amide bonds. The summed E-state index contributed by atoms with van der Waals surface area (Å²) in [4.78, 5) is 39.4. The number of amides is 3. The minimum atomic E-state index is -0.536. The highest BCUT2D eigenvalue weighted by atomic mass is 16.6. The molecule has 1 aliphatic rings. The van der Waals surface area contributed by atoms with Crippen molar-refractivity contribution in [3.63, 3.8) is 0 Å². The largest absolute Gasteiger partial charge is 0.444 e. The molecule has 2 rings (SSSR count). The lowest BCUT2D eigenvalue weighted by Gasteiger charge is -2.35. The molecule has 136 valence electrons. The van der Waals surface area contributed by atoms with Crippen molar-refractivity contribution in [2.75, 3.05) is 32.7 Å². The predicted molar refractivity (Wildman–Crippen MR) is 93.2 cm³/mol. The third kappa shape index (κ3) is 5.77. The molecular weight excluding hydrogens is 322 g/mol. The van der Waals surface area contributed by atoms with Crippen molar-refractivity contribution in [1.82, 2.24) is 15.1 Å². The smallest absolute Gasteiger partial charge is 0.410 e. The van der Waals surface area contributed by atoms with E-state index < -0.39 is 5.60 Å². The summed E-state index contributed by atoms with van der Waals surface area (Å²) in [6, 6.07) is 8.75. The summed E-state index contributed by atoms with van der Waals surface area (Å²) in [6.07, 6.45) is -0.364. The SMILES string of the molecule is CC(C)(C)OC(=O)N1CCN(C(=O)CNC(=O)c2ccccc2)CC1. The molecule has 0 saturated carbocycles. The van der Waals surface area contributed by atoms with Gasteiger partial charge in [-0.25, -0.2) is 4.79 Å². The van der Waals surface area contributed by atoms with Gasteiger partial charge in [0, 0.05) is 31.7 Å². The highest BCUT2D eigenvalue weighted by Crippen LogP contribution is 2.12. The van der Waals surface area contributed by atoms with Crippen LogP contribution in [0.3, 0.4) is 0 Å². The first-order chi connectivity index (χ1) is 11.8. The van der Waals surface area contributed by atoms with Gasteiger partial charge in [-0.1, -0.05) is 18.2 Å². The number of nitrogens with one attached hydrogen (secondary N) is 1. The predicted octanol–water partition coefficient (Wildman–Crippen LogP) is 1.50. The number of rotatable bonds is 3. The van der Waals surface area contributed by atoms with Crippen LogP contribution in [-0.4, -0.2) is 66.0 Å². The Bertz CT molecular complexity index is 617. The molecule has 0 radical (unpaired) electrons. The summed E-state index contributed by atoms with van der Waals surface area (Å²) in [5.74, 6) is -0.436. The van der Waals surface area contributed by atoms with Crippen LogP contribution < -0.4 is 5.32 Å². The van der Waals surface area contributed by atoms with Crippen molar-refractivity contribution < 1.29 is 19.1 Å². The summed E-state index contributed by atoms with van der Waals surface area (Å²) >= 11 is 0. The van der Waals surface area contributed by atoms with Crippen molar-refractivity contribution in [3.05, 3.63) is 35.9 Å². The zero-order valence-corrected chi connectivity index (χ0v) is 14.9. The maximum Gasteiger partial charge on any atom is 0.410 e. The molecule has 0 aromatic heterocycles. The van der Waals surface area contributed by atoms with Crippen molar-refractivity contribution in [1.29, 1.82) is 0 Å². The van der Waals surface area contributed by atoms with Gasteiger partial charge in [-0.3, -0.25) is 9.59 Å². The van der Waals surface area contributed by atoms with Crippen LogP contribution in [0.1, 0.15) is 31.1 Å². The first-order valence-electron chi connectivity index (χ1n) is 8.35. The lowest BCUT2D eigenvalue weighted by Crippen LogP contribution is -2.53. The number of hydrogen-bond donors (Lipinski definition) is 1. The maximum absolute atomic E-state index is 12.2. The van der Waals surface area contributed by atoms with Crippen molar-refractivity contribution in [2.24, 2.45) is 0 Å². The van der Waals surface area contributed by atoms with E-state index >= 15 is 0 Å². The molecule has 0 spiro atoms. The van der Waals surface area contributed by atoms with Gasteiger partial charge in [0.15, 0.2) is 0 Å². The third-order valence-corrected chi connectivity index (χ3v) is 3.72. The van der Waals surface area contributed by atoms with Gasteiger partial charge in [-0.2, -0.15) is 0 Å². The molecule has 1 heterocycles. The second-order valence-corrected chi connectivity index (χ2v) is 6.90. The number of nitrogens with zero attached hydrogens (tertiary/aromatic N) is 2. The fourth-order valence-electron chi connectivity index (χ4n) is 2.42. The monoisotopic (exact) mass is 347 g/mol. The third-order valence-electron chi connectivity index (χ3n) is 3.72. The Morgan fingerprint density at radius 2 is 1.56 bits per heavy atom. The molecule has 0 aliphatic carbocycles. The normalized spacial score (nSPS) is 14.8. The molecule has 1 aliphatic heterocycles. The van der Waals surface area contributed by atoms with Crippen LogP contribution in [0, 0.1) is 0 Å². The first-order valence-corrected chi connectivity index (χ1v) is 8.35. The van der Waals surface area contributed by atoms with Crippen LogP contribution in [-0.2, 0) is 9.53 Å². The van der Waals surface area contributed by atoms with E-state index in [4.69, 9.17) is 4.74 Å². The number of benzene rings is 1. The van der Waals surface area contributed by atoms with Gasteiger partial charge in [-0.15, -0.1) is 0 Å². The van der Waals surface area contributed by atoms with Gasteiger partial charge < -0.3 is 19.9 Å². The Balaban J connectivity index is 1.76. The summed E-state index contributed by atoms with van der Waals surface area (Å²) in [5.41, 5.74) is -0.0174. The number of piperazine rings is 1. The Hall–Kier alpha value is -2.57. The molecule has 0 atom stereocenters. The molecule has 1 aromatic carbocycles. The number of hydrogen-bond acceptors (Lipinski definition) is 4. The zero-order chi connectivity index (χ0) is 18.4. The molecule has 7 heteroatoms. The Morgan fingerprint density at radius 3 is 2.12 bits per heavy atom. The van der Waals surface area contributed by atoms with E-state index in [2.05, 4.69) is 5.32 Å². The quantitative estimate of drug-likeness (QED) is 0.899. The Morgan fingerprint density at radius 1 is 1.00 bits per heavy atom. The van der Waals surface area contributed by atoms with Gasteiger partial charge in [0.1, 0.15) is 5.60 Å². The van der Waals surface area contributed by atoms with Crippen LogP contribution in [0.2, 0.25) is 0 Å². The number of carbonyl (C=O) groups excluding carboxylic acids is 3. The lowest BCUT2D eigenvalue weighted by molar-refractivity contribution is -0.131. The summed E-state index contributed by atoms with van der Waals surface area (Å²) in [7, 11) is 0. The van der Waals surface area contributed by atoms with Gasteiger partial charge in [0.25, 0.3) is 5.91 Å². The van der Waals surface area contributed by atoms with Crippen LogP contribution in [0.25, 0.3) is 0 Å². The van der Waals surface area contributed by atoms with Crippen LogP contribution in [0.4, 0.5) is 4.79 Å². The molecular formula is C18H25N3O4. The minimum absolute atomic E-state index is 0.0554. The average Bonchev–Trinajstić information content (AvgIpc) is 2.58. The molecule has 7 nitrogen and oxygen atoms in total. The second kappa shape index (κ2) is 8.00. The highest BCUT2D eigenvalue weighted by molar-refractivity contribution is 5.96. The molecule has 0 unspecified atom stereocenters. The highest BCUT2D eigenvalue weighted by Gasteiger charge is 2.27. The van der Waals surface area contributed by atoms with E-state index in [0.29, 0.717) is 31.7 Å². The summed E-state index contributed by atoms with van der Waals surface area (Å²) < 4.78 is 5.33. The topological polar surface area (TPSA) is 79.0 Å². The van der Waals surface area contributed by atoms with E-state index in [9.17, 15) is 14.4 Å². The molecule has 1 saturated heterocycles. The van der Waals surface area contributed by atoms with E-state index in [1.807, 2.05) is 26.8 Å². The van der Waals surface area contributed by atoms with E-state index in [-0.39, 0.29) is 24.5 Å².